The molecule has 1 atom stereocenters. The topological polar surface area (TPSA) is 48.0 Å². The van der Waals surface area contributed by atoms with Gasteiger partial charge in [0.25, 0.3) is 5.91 Å². The normalized spacial score (nSPS) is 15.0. The van der Waals surface area contributed by atoms with Gasteiger partial charge in [0.1, 0.15) is 5.75 Å². The van der Waals surface area contributed by atoms with Crippen LogP contribution in [0.2, 0.25) is 0 Å². The second kappa shape index (κ2) is 7.35. The van der Waals surface area contributed by atoms with Crippen molar-refractivity contribution in [3.05, 3.63) is 52.0 Å². The Balaban J connectivity index is 1.92. The summed E-state index contributed by atoms with van der Waals surface area (Å²) in [4.78, 5) is 14.4. The summed E-state index contributed by atoms with van der Waals surface area (Å²) in [6, 6.07) is 11.4. The lowest BCUT2D eigenvalue weighted by Crippen LogP contribution is -2.34. The summed E-state index contributed by atoms with van der Waals surface area (Å²) in [5.74, 6) is 2.01. The van der Waals surface area contributed by atoms with Crippen molar-refractivity contribution in [2.24, 2.45) is 0 Å². The van der Waals surface area contributed by atoms with Crippen LogP contribution in [-0.2, 0) is 11.3 Å². The van der Waals surface area contributed by atoms with Crippen LogP contribution in [0.5, 0.6) is 17.2 Å². The van der Waals surface area contributed by atoms with Crippen molar-refractivity contribution in [1.82, 2.24) is 4.90 Å². The predicted molar refractivity (Wildman–Crippen MR) is 98.1 cm³/mol. The van der Waals surface area contributed by atoms with Crippen molar-refractivity contribution in [2.45, 2.75) is 19.5 Å². The van der Waals surface area contributed by atoms with E-state index in [4.69, 9.17) is 14.2 Å². The molecule has 0 spiro atoms. The fourth-order valence-electron chi connectivity index (χ4n) is 2.95. The van der Waals surface area contributed by atoms with Gasteiger partial charge in [-0.15, -0.1) is 0 Å². The highest BCUT2D eigenvalue weighted by Gasteiger charge is 2.27. The Morgan fingerprint density at radius 1 is 1.12 bits per heavy atom. The smallest absolute Gasteiger partial charge is 0.261 e. The fraction of sp³-hybridized carbons (Fsp3) is 0.316. The number of rotatable bonds is 4. The summed E-state index contributed by atoms with van der Waals surface area (Å²) < 4.78 is 17.3. The van der Waals surface area contributed by atoms with E-state index in [0.717, 1.165) is 21.3 Å². The van der Waals surface area contributed by atoms with Gasteiger partial charge in [-0.2, -0.15) is 0 Å². The van der Waals surface area contributed by atoms with E-state index in [1.165, 1.54) is 0 Å². The SMILES string of the molecule is COc1ccc(C(C)N2Cc3cc(Br)ccc3OCC2=O)cc1OC. The molecular formula is C19H20BrNO4. The number of amides is 1. The van der Waals surface area contributed by atoms with Crippen LogP contribution in [0.3, 0.4) is 0 Å². The van der Waals surface area contributed by atoms with Gasteiger partial charge in [-0.05, 0) is 42.8 Å². The second-order valence-electron chi connectivity index (χ2n) is 5.85. The molecule has 0 aliphatic carbocycles. The third kappa shape index (κ3) is 3.58. The monoisotopic (exact) mass is 405 g/mol. The standard InChI is InChI=1S/C19H20BrNO4/c1-12(13-4-6-17(23-2)18(9-13)24-3)21-10-14-8-15(20)5-7-16(14)25-11-19(21)22/h4-9,12H,10-11H2,1-3H3. The first-order chi connectivity index (χ1) is 12.0. The summed E-state index contributed by atoms with van der Waals surface area (Å²) in [6.07, 6.45) is 0. The number of methoxy groups -OCH3 is 2. The van der Waals surface area contributed by atoms with Gasteiger partial charge in [-0.25, -0.2) is 0 Å². The quantitative estimate of drug-likeness (QED) is 0.772. The third-order valence-electron chi connectivity index (χ3n) is 4.39. The van der Waals surface area contributed by atoms with E-state index in [-0.39, 0.29) is 18.6 Å². The van der Waals surface area contributed by atoms with E-state index in [0.29, 0.717) is 18.0 Å². The van der Waals surface area contributed by atoms with Crippen molar-refractivity contribution in [3.8, 4) is 17.2 Å². The minimum Gasteiger partial charge on any atom is -0.493 e. The first kappa shape index (κ1) is 17.6. The number of fused-ring (bicyclic) bond motifs is 1. The zero-order valence-corrected chi connectivity index (χ0v) is 16.0. The highest BCUT2D eigenvalue weighted by atomic mass is 79.9. The minimum absolute atomic E-state index is 0.0340. The van der Waals surface area contributed by atoms with Crippen LogP contribution in [0.4, 0.5) is 0 Å². The molecule has 0 fully saturated rings. The lowest BCUT2D eigenvalue weighted by atomic mass is 10.0. The molecule has 0 N–H and O–H groups in total. The lowest BCUT2D eigenvalue weighted by Gasteiger charge is -2.28. The van der Waals surface area contributed by atoms with E-state index < -0.39 is 0 Å². The molecule has 2 aromatic carbocycles. The van der Waals surface area contributed by atoms with E-state index >= 15 is 0 Å². The average molecular weight is 406 g/mol. The molecule has 0 saturated carbocycles. The van der Waals surface area contributed by atoms with Gasteiger partial charge >= 0.3 is 0 Å². The number of halogens is 1. The van der Waals surface area contributed by atoms with Crippen molar-refractivity contribution < 1.29 is 19.0 Å². The van der Waals surface area contributed by atoms with Gasteiger partial charge in [0.2, 0.25) is 0 Å². The van der Waals surface area contributed by atoms with Gasteiger partial charge in [0, 0.05) is 10.0 Å². The Kier molecular flexibility index (Phi) is 5.18. The van der Waals surface area contributed by atoms with Crippen LogP contribution in [0.15, 0.2) is 40.9 Å². The van der Waals surface area contributed by atoms with E-state index in [2.05, 4.69) is 15.9 Å². The van der Waals surface area contributed by atoms with Crippen molar-refractivity contribution >= 4 is 21.8 Å². The number of benzene rings is 2. The molecular weight excluding hydrogens is 386 g/mol. The Hall–Kier alpha value is -2.21. The summed E-state index contributed by atoms with van der Waals surface area (Å²) in [5.41, 5.74) is 1.96. The van der Waals surface area contributed by atoms with Crippen LogP contribution < -0.4 is 14.2 Å². The molecule has 6 heteroatoms. The minimum atomic E-state index is -0.124. The number of nitrogens with zero attached hydrogens (tertiary/aromatic N) is 1. The van der Waals surface area contributed by atoms with E-state index in [1.807, 2.05) is 48.2 Å². The molecule has 1 aliphatic rings. The molecule has 1 unspecified atom stereocenters. The number of carbonyl (C=O) groups excluding carboxylic acids is 1. The summed E-state index contributed by atoms with van der Waals surface area (Å²) in [5, 5.41) is 0. The molecule has 1 amide bonds. The zero-order valence-electron chi connectivity index (χ0n) is 14.4. The van der Waals surface area contributed by atoms with E-state index in [9.17, 15) is 4.79 Å². The molecule has 0 bridgehead atoms. The van der Waals surface area contributed by atoms with Gasteiger partial charge in [0.15, 0.2) is 18.1 Å². The van der Waals surface area contributed by atoms with Gasteiger partial charge in [0.05, 0.1) is 26.8 Å². The second-order valence-corrected chi connectivity index (χ2v) is 6.77. The van der Waals surface area contributed by atoms with Crippen LogP contribution in [0, 0.1) is 0 Å². The molecule has 1 heterocycles. The van der Waals surface area contributed by atoms with Crippen molar-refractivity contribution in [1.29, 1.82) is 0 Å². The Bertz CT molecular complexity index is 793. The van der Waals surface area contributed by atoms with Crippen LogP contribution in [-0.4, -0.2) is 31.6 Å². The molecule has 0 saturated heterocycles. The molecule has 132 valence electrons. The van der Waals surface area contributed by atoms with Crippen molar-refractivity contribution in [2.75, 3.05) is 20.8 Å². The maximum atomic E-state index is 12.6. The highest BCUT2D eigenvalue weighted by molar-refractivity contribution is 9.10. The summed E-state index contributed by atoms with van der Waals surface area (Å²) in [7, 11) is 3.20. The third-order valence-corrected chi connectivity index (χ3v) is 4.89. The van der Waals surface area contributed by atoms with Crippen LogP contribution in [0.25, 0.3) is 0 Å². The molecule has 3 rings (SSSR count). The number of hydrogen-bond acceptors (Lipinski definition) is 4. The summed E-state index contributed by atoms with van der Waals surface area (Å²) in [6.45, 7) is 2.53. The molecule has 2 aromatic rings. The van der Waals surface area contributed by atoms with Crippen molar-refractivity contribution in [3.63, 3.8) is 0 Å². The molecule has 0 radical (unpaired) electrons. The summed E-state index contributed by atoms with van der Waals surface area (Å²) >= 11 is 3.48. The molecule has 25 heavy (non-hydrogen) atoms. The maximum absolute atomic E-state index is 12.6. The Labute approximate surface area is 155 Å². The number of ether oxygens (including phenoxy) is 3. The molecule has 5 nitrogen and oxygen atoms in total. The van der Waals surface area contributed by atoms with Crippen LogP contribution >= 0.6 is 15.9 Å². The van der Waals surface area contributed by atoms with E-state index in [1.54, 1.807) is 14.2 Å². The Morgan fingerprint density at radius 3 is 2.60 bits per heavy atom. The predicted octanol–water partition coefficient (Wildman–Crippen LogP) is 3.95. The average Bonchev–Trinajstić information content (AvgIpc) is 2.79. The Morgan fingerprint density at radius 2 is 1.88 bits per heavy atom. The first-order valence-electron chi connectivity index (χ1n) is 7.96. The lowest BCUT2D eigenvalue weighted by molar-refractivity contribution is -0.135. The maximum Gasteiger partial charge on any atom is 0.261 e. The van der Waals surface area contributed by atoms with Crippen LogP contribution in [0.1, 0.15) is 24.1 Å². The largest absolute Gasteiger partial charge is 0.493 e. The molecule has 1 aliphatic heterocycles. The zero-order chi connectivity index (χ0) is 18.0. The number of hydrogen-bond donors (Lipinski definition) is 0. The van der Waals surface area contributed by atoms with Gasteiger partial charge < -0.3 is 19.1 Å². The number of carbonyl (C=O) groups is 1. The first-order valence-corrected chi connectivity index (χ1v) is 8.75. The van der Waals surface area contributed by atoms with Gasteiger partial charge in [-0.3, -0.25) is 4.79 Å². The fourth-order valence-corrected chi connectivity index (χ4v) is 3.36. The molecule has 0 aromatic heterocycles. The van der Waals surface area contributed by atoms with Gasteiger partial charge in [-0.1, -0.05) is 22.0 Å². The highest BCUT2D eigenvalue weighted by Crippen LogP contribution is 2.34.